The number of carbonyl (C=O) groups is 1. The van der Waals surface area contributed by atoms with Crippen molar-refractivity contribution in [2.45, 2.75) is 124 Å². The Morgan fingerprint density at radius 2 is 1.18 bits per heavy atom. The number of carboxylic acids is 1. The lowest BCUT2D eigenvalue weighted by molar-refractivity contribution is -0.131. The average molecular weight is 479 g/mol. The fourth-order valence-corrected chi connectivity index (χ4v) is 3.36. The summed E-state index contributed by atoms with van der Waals surface area (Å²) in [7, 11) is 0. The molecule has 0 spiro atoms. The van der Waals surface area contributed by atoms with Gasteiger partial charge in [-0.1, -0.05) is 123 Å². The molecule has 0 unspecified atom stereocenters. The number of benzene rings is 1. The Morgan fingerprint density at radius 1 is 0.765 bits per heavy atom. The first-order valence-electron chi connectivity index (χ1n) is 13.7. The summed E-state index contributed by atoms with van der Waals surface area (Å²) in [6.07, 6.45) is 21.7. The average Bonchev–Trinajstić information content (AvgIpc) is 2.84. The third-order valence-electron chi connectivity index (χ3n) is 5.50. The Hall–Kier alpha value is -1.81. The fourth-order valence-electron chi connectivity index (χ4n) is 3.36. The van der Waals surface area contributed by atoms with Gasteiger partial charge in [-0.25, -0.2) is 4.79 Å². The molecule has 0 aromatic heterocycles. The summed E-state index contributed by atoms with van der Waals surface area (Å²) in [5.74, 6) is -0.529. The van der Waals surface area contributed by atoms with Crippen molar-refractivity contribution in [3.05, 3.63) is 42.5 Å². The zero-order chi connectivity index (χ0) is 25.7. The van der Waals surface area contributed by atoms with Gasteiger partial charge in [0.1, 0.15) is 5.75 Å². The summed E-state index contributed by atoms with van der Waals surface area (Å²) in [6, 6.07) is 7.67. The summed E-state index contributed by atoms with van der Waals surface area (Å²) in [4.78, 5) is 9.25. The third-order valence-corrected chi connectivity index (χ3v) is 5.50. The number of phenolic OH excluding ortho intramolecular Hbond substituents is 1. The molecule has 0 bridgehead atoms. The number of rotatable bonds is 19. The van der Waals surface area contributed by atoms with Crippen LogP contribution >= 0.6 is 0 Å². The van der Waals surface area contributed by atoms with E-state index < -0.39 is 5.97 Å². The highest BCUT2D eigenvalue weighted by molar-refractivity contribution is 5.78. The normalized spacial score (nSPS) is 9.97. The van der Waals surface area contributed by atoms with E-state index in [0.717, 1.165) is 31.3 Å². The fraction of sp³-hybridized carbons (Fsp3) is 0.700. The summed E-state index contributed by atoms with van der Waals surface area (Å²) in [6.45, 7) is 11.6. The van der Waals surface area contributed by atoms with Gasteiger partial charge in [0.15, 0.2) is 0 Å². The molecule has 0 aliphatic rings. The quantitative estimate of drug-likeness (QED) is 0.154. The van der Waals surface area contributed by atoms with Crippen LogP contribution in [0.3, 0.4) is 0 Å². The maximum absolute atomic E-state index is 9.58. The summed E-state index contributed by atoms with van der Waals surface area (Å²) in [5, 5.41) is 17.2. The van der Waals surface area contributed by atoms with Crippen LogP contribution in [-0.4, -0.2) is 29.4 Å². The largest absolute Gasteiger partial charge is 0.508 e. The lowest BCUT2D eigenvalue weighted by atomic mass is 10.0. The topological polar surface area (TPSA) is 66.8 Å². The van der Waals surface area contributed by atoms with Gasteiger partial charge >= 0.3 is 5.97 Å². The molecule has 0 saturated heterocycles. The SMILES string of the molecule is C=CC(=O)O.CCCCCCCCCc1ccccc1O.CCCCCCOCCCCCC. The van der Waals surface area contributed by atoms with Crippen molar-refractivity contribution in [2.24, 2.45) is 0 Å². The van der Waals surface area contributed by atoms with E-state index >= 15 is 0 Å². The number of phenols is 1. The molecule has 34 heavy (non-hydrogen) atoms. The number of para-hydroxylation sites is 1. The zero-order valence-electron chi connectivity index (χ0n) is 22.5. The van der Waals surface area contributed by atoms with Crippen LogP contribution < -0.4 is 0 Å². The number of aromatic hydroxyl groups is 1. The van der Waals surface area contributed by atoms with Crippen LogP contribution in [0.4, 0.5) is 0 Å². The molecule has 1 aromatic carbocycles. The van der Waals surface area contributed by atoms with E-state index in [1.165, 1.54) is 96.3 Å². The molecule has 1 rings (SSSR count). The standard InChI is InChI=1S/C15H24O.C12H26O.C3H4O2/c1-2-3-4-5-6-7-8-11-14-12-9-10-13-15(14)16;1-3-5-7-9-11-13-12-10-8-6-4-2;1-2-3(4)5/h9-10,12-13,16H,2-8,11H2,1H3;3-12H2,1-2H3;2H,1H2,(H,4,5). The van der Waals surface area contributed by atoms with Crippen molar-refractivity contribution >= 4 is 5.97 Å². The first-order valence-corrected chi connectivity index (χ1v) is 13.7. The summed E-state index contributed by atoms with van der Waals surface area (Å²) >= 11 is 0. The molecule has 0 atom stereocenters. The van der Waals surface area contributed by atoms with Gasteiger partial charge in [0.05, 0.1) is 0 Å². The molecular formula is C30H54O4. The molecule has 0 aliphatic carbocycles. The molecule has 0 radical (unpaired) electrons. The van der Waals surface area contributed by atoms with Gasteiger partial charge in [-0.15, -0.1) is 0 Å². The first-order chi connectivity index (χ1) is 16.5. The van der Waals surface area contributed by atoms with Gasteiger partial charge in [0.2, 0.25) is 0 Å². The van der Waals surface area contributed by atoms with Crippen LogP contribution in [-0.2, 0) is 16.0 Å². The predicted molar refractivity (Wildman–Crippen MR) is 147 cm³/mol. The molecule has 4 nitrogen and oxygen atoms in total. The second kappa shape index (κ2) is 29.2. The number of unbranched alkanes of at least 4 members (excludes halogenated alkanes) is 12. The maximum atomic E-state index is 9.58. The number of hydrogen-bond acceptors (Lipinski definition) is 3. The van der Waals surface area contributed by atoms with Gasteiger partial charge < -0.3 is 14.9 Å². The minimum Gasteiger partial charge on any atom is -0.508 e. The summed E-state index contributed by atoms with van der Waals surface area (Å²) < 4.78 is 5.53. The Kier molecular flexibility index (Phi) is 29.5. The van der Waals surface area contributed by atoms with Crippen molar-refractivity contribution in [2.75, 3.05) is 13.2 Å². The van der Waals surface area contributed by atoms with E-state index in [4.69, 9.17) is 9.84 Å². The monoisotopic (exact) mass is 478 g/mol. The Balaban J connectivity index is 0. The minimum absolute atomic E-state index is 0.452. The van der Waals surface area contributed by atoms with Crippen molar-refractivity contribution in [1.82, 2.24) is 0 Å². The highest BCUT2D eigenvalue weighted by Gasteiger charge is 1.99. The molecule has 0 heterocycles. The van der Waals surface area contributed by atoms with Gasteiger partial charge in [0.25, 0.3) is 0 Å². The Bertz CT molecular complexity index is 546. The van der Waals surface area contributed by atoms with E-state index in [9.17, 15) is 9.90 Å². The molecule has 0 fully saturated rings. The molecule has 198 valence electrons. The first kappa shape index (κ1) is 34.4. The molecule has 1 aromatic rings. The van der Waals surface area contributed by atoms with E-state index in [1.54, 1.807) is 6.07 Å². The molecule has 0 aliphatic heterocycles. The number of carboxylic acid groups (broad SMARTS) is 1. The van der Waals surface area contributed by atoms with E-state index in [2.05, 4.69) is 27.4 Å². The van der Waals surface area contributed by atoms with Crippen molar-refractivity contribution in [3.8, 4) is 5.75 Å². The number of aryl methyl sites for hydroxylation is 1. The van der Waals surface area contributed by atoms with Crippen molar-refractivity contribution < 1.29 is 19.7 Å². The van der Waals surface area contributed by atoms with Crippen LogP contribution in [0.1, 0.15) is 123 Å². The second-order valence-corrected chi connectivity index (χ2v) is 8.78. The molecule has 0 amide bonds. The second-order valence-electron chi connectivity index (χ2n) is 8.78. The third kappa shape index (κ3) is 28.2. The molecule has 4 heteroatoms. The van der Waals surface area contributed by atoms with E-state index in [1.807, 2.05) is 18.2 Å². The van der Waals surface area contributed by atoms with Gasteiger partial charge in [0, 0.05) is 19.3 Å². The van der Waals surface area contributed by atoms with Crippen LogP contribution in [0.5, 0.6) is 5.75 Å². The van der Waals surface area contributed by atoms with Gasteiger partial charge in [-0.2, -0.15) is 0 Å². The summed E-state index contributed by atoms with van der Waals surface area (Å²) in [5.41, 5.74) is 1.09. The maximum Gasteiger partial charge on any atom is 0.327 e. The molecular weight excluding hydrogens is 424 g/mol. The highest BCUT2D eigenvalue weighted by Crippen LogP contribution is 2.18. The van der Waals surface area contributed by atoms with E-state index in [0.29, 0.717) is 5.75 Å². The van der Waals surface area contributed by atoms with Gasteiger partial charge in [-0.3, -0.25) is 0 Å². The van der Waals surface area contributed by atoms with Gasteiger partial charge in [-0.05, 0) is 37.3 Å². The van der Waals surface area contributed by atoms with Crippen LogP contribution in [0.15, 0.2) is 36.9 Å². The zero-order valence-corrected chi connectivity index (χ0v) is 22.5. The highest BCUT2D eigenvalue weighted by atomic mass is 16.5. The van der Waals surface area contributed by atoms with Crippen LogP contribution in [0, 0.1) is 0 Å². The number of aliphatic carboxylic acids is 1. The lowest BCUT2D eigenvalue weighted by Gasteiger charge is -2.04. The predicted octanol–water partition coefficient (Wildman–Crippen LogP) is 9.11. The minimum atomic E-state index is -0.981. The molecule has 0 saturated carbocycles. The van der Waals surface area contributed by atoms with Crippen molar-refractivity contribution in [3.63, 3.8) is 0 Å². The smallest absolute Gasteiger partial charge is 0.327 e. The van der Waals surface area contributed by atoms with Crippen molar-refractivity contribution in [1.29, 1.82) is 0 Å². The lowest BCUT2D eigenvalue weighted by Crippen LogP contribution is -1.96. The number of ether oxygens (including phenoxy) is 1. The molecule has 2 N–H and O–H groups in total. The Morgan fingerprint density at radius 3 is 1.62 bits per heavy atom. The van der Waals surface area contributed by atoms with E-state index in [-0.39, 0.29) is 0 Å². The Labute approximate surface area is 210 Å². The number of hydrogen-bond donors (Lipinski definition) is 2. The van der Waals surface area contributed by atoms with Crippen LogP contribution in [0.25, 0.3) is 0 Å². The van der Waals surface area contributed by atoms with Crippen LogP contribution in [0.2, 0.25) is 0 Å².